The summed E-state index contributed by atoms with van der Waals surface area (Å²) in [4.78, 5) is 12.3. The lowest BCUT2D eigenvalue weighted by molar-refractivity contribution is 0.820. The molecule has 90 valence electrons. The monoisotopic (exact) mass is 259 g/mol. The van der Waals surface area contributed by atoms with Gasteiger partial charge in [0.2, 0.25) is 0 Å². The number of nitrogens with one attached hydrogen (secondary N) is 1. The van der Waals surface area contributed by atoms with Crippen LogP contribution in [0.1, 0.15) is 0 Å². The van der Waals surface area contributed by atoms with Crippen LogP contribution in [0.15, 0.2) is 51.1 Å². The van der Waals surface area contributed by atoms with Crippen molar-refractivity contribution in [3.8, 4) is 0 Å². The summed E-state index contributed by atoms with van der Waals surface area (Å²) in [5.74, 6) is 0. The fraction of sp³-hybridized carbons (Fsp3) is 0. The molecule has 1 aromatic carbocycles. The minimum atomic E-state index is -0.353. The standard InChI is InChI=1S/C11H9N5OS/c12-7-3-1-2-4-8(7)18-10-6-5-9-13-14-11(17)16(9)15-10/h1-6H,12H2,(H,14,17). The Kier molecular flexibility index (Phi) is 2.52. The Morgan fingerprint density at radius 2 is 2.06 bits per heavy atom. The first-order chi connectivity index (χ1) is 8.74. The first-order valence-electron chi connectivity index (χ1n) is 5.21. The zero-order valence-corrected chi connectivity index (χ0v) is 10.0. The van der Waals surface area contributed by atoms with E-state index in [-0.39, 0.29) is 5.69 Å². The maximum absolute atomic E-state index is 11.4. The molecule has 2 aromatic heterocycles. The molecule has 3 N–H and O–H groups in total. The fourth-order valence-electron chi connectivity index (χ4n) is 1.53. The van der Waals surface area contributed by atoms with Crippen molar-refractivity contribution in [1.82, 2.24) is 19.8 Å². The second kappa shape index (κ2) is 4.19. The van der Waals surface area contributed by atoms with Crippen molar-refractivity contribution < 1.29 is 0 Å². The molecular formula is C11H9N5OS. The number of anilines is 1. The van der Waals surface area contributed by atoms with Gasteiger partial charge in [-0.15, -0.1) is 0 Å². The summed E-state index contributed by atoms with van der Waals surface area (Å²) in [5.41, 5.74) is 6.68. The van der Waals surface area contributed by atoms with Crippen molar-refractivity contribution in [3.05, 3.63) is 46.9 Å². The summed E-state index contributed by atoms with van der Waals surface area (Å²) in [6.07, 6.45) is 0. The zero-order chi connectivity index (χ0) is 12.5. The lowest BCUT2D eigenvalue weighted by atomic mass is 10.3. The number of H-pyrrole nitrogens is 1. The van der Waals surface area contributed by atoms with Crippen molar-refractivity contribution in [2.24, 2.45) is 0 Å². The Hall–Kier alpha value is -2.28. The van der Waals surface area contributed by atoms with Gasteiger partial charge in [-0.25, -0.2) is 9.89 Å². The van der Waals surface area contributed by atoms with Crippen LogP contribution in [0.25, 0.3) is 5.65 Å². The van der Waals surface area contributed by atoms with Crippen LogP contribution in [-0.4, -0.2) is 19.8 Å². The van der Waals surface area contributed by atoms with E-state index < -0.39 is 0 Å². The maximum Gasteiger partial charge on any atom is 0.364 e. The van der Waals surface area contributed by atoms with Crippen molar-refractivity contribution in [2.45, 2.75) is 9.92 Å². The summed E-state index contributed by atoms with van der Waals surface area (Å²) < 4.78 is 1.22. The van der Waals surface area contributed by atoms with Gasteiger partial charge in [0, 0.05) is 10.6 Å². The first kappa shape index (κ1) is 10.8. The molecule has 0 radical (unpaired) electrons. The lowest BCUT2D eigenvalue weighted by Crippen LogP contribution is -2.12. The predicted octanol–water partition coefficient (Wildman–Crippen LogP) is 1.15. The van der Waals surface area contributed by atoms with E-state index in [1.165, 1.54) is 16.3 Å². The molecule has 0 spiro atoms. The molecule has 0 saturated heterocycles. The van der Waals surface area contributed by atoms with E-state index in [2.05, 4.69) is 15.3 Å². The lowest BCUT2D eigenvalue weighted by Gasteiger charge is -2.03. The molecule has 6 nitrogen and oxygen atoms in total. The number of fused-ring (bicyclic) bond motifs is 1. The van der Waals surface area contributed by atoms with Crippen molar-refractivity contribution in [3.63, 3.8) is 0 Å². The second-order valence-electron chi connectivity index (χ2n) is 3.61. The summed E-state index contributed by atoms with van der Waals surface area (Å²) in [7, 11) is 0. The summed E-state index contributed by atoms with van der Waals surface area (Å²) in [6, 6.07) is 11.0. The number of para-hydroxylation sites is 1. The predicted molar refractivity (Wildman–Crippen MR) is 68.6 cm³/mol. The van der Waals surface area contributed by atoms with Gasteiger partial charge in [0.05, 0.1) is 0 Å². The van der Waals surface area contributed by atoms with Gasteiger partial charge in [-0.1, -0.05) is 23.9 Å². The van der Waals surface area contributed by atoms with Crippen LogP contribution in [0.3, 0.4) is 0 Å². The highest BCUT2D eigenvalue weighted by Gasteiger charge is 2.06. The van der Waals surface area contributed by atoms with Crippen molar-refractivity contribution in [1.29, 1.82) is 0 Å². The van der Waals surface area contributed by atoms with Gasteiger partial charge < -0.3 is 5.73 Å². The molecular weight excluding hydrogens is 250 g/mol. The third kappa shape index (κ3) is 1.84. The molecule has 0 fully saturated rings. The molecule has 0 aliphatic rings. The summed E-state index contributed by atoms with van der Waals surface area (Å²) in [5, 5.41) is 11.0. The number of rotatable bonds is 2. The van der Waals surface area contributed by atoms with Gasteiger partial charge in [0.15, 0.2) is 5.65 Å². The summed E-state index contributed by atoms with van der Waals surface area (Å²) in [6.45, 7) is 0. The van der Waals surface area contributed by atoms with E-state index >= 15 is 0 Å². The van der Waals surface area contributed by atoms with Crippen LogP contribution in [-0.2, 0) is 0 Å². The normalized spacial score (nSPS) is 10.9. The van der Waals surface area contributed by atoms with E-state index in [9.17, 15) is 4.79 Å². The van der Waals surface area contributed by atoms with Crippen molar-refractivity contribution in [2.75, 3.05) is 5.73 Å². The number of nitrogen functional groups attached to an aromatic ring is 1. The maximum atomic E-state index is 11.4. The van der Waals surface area contributed by atoms with E-state index in [0.717, 1.165) is 4.90 Å². The Bertz CT molecular complexity index is 763. The molecule has 0 bridgehead atoms. The molecule has 0 atom stereocenters. The van der Waals surface area contributed by atoms with Crippen LogP contribution >= 0.6 is 11.8 Å². The molecule has 3 aromatic rings. The Morgan fingerprint density at radius 3 is 2.89 bits per heavy atom. The molecule has 0 amide bonds. The van der Waals surface area contributed by atoms with E-state index in [1.54, 1.807) is 12.1 Å². The van der Waals surface area contributed by atoms with Gasteiger partial charge in [-0.05, 0) is 24.3 Å². The SMILES string of the molecule is Nc1ccccc1Sc1ccc2n[nH]c(=O)n2n1. The number of hydrogen-bond acceptors (Lipinski definition) is 5. The number of benzene rings is 1. The smallest absolute Gasteiger partial charge is 0.364 e. The Morgan fingerprint density at radius 1 is 1.22 bits per heavy atom. The molecule has 7 heteroatoms. The third-order valence-electron chi connectivity index (χ3n) is 2.38. The number of nitrogens with zero attached hydrogens (tertiary/aromatic N) is 3. The molecule has 3 rings (SSSR count). The minimum Gasteiger partial charge on any atom is -0.398 e. The van der Waals surface area contributed by atoms with Crippen LogP contribution in [0, 0.1) is 0 Å². The van der Waals surface area contributed by atoms with Crippen LogP contribution < -0.4 is 11.4 Å². The third-order valence-corrected chi connectivity index (χ3v) is 3.40. The van der Waals surface area contributed by atoms with Gasteiger partial charge in [0.1, 0.15) is 5.03 Å². The molecule has 2 heterocycles. The van der Waals surface area contributed by atoms with Crippen LogP contribution in [0.2, 0.25) is 0 Å². The van der Waals surface area contributed by atoms with Gasteiger partial charge in [-0.3, -0.25) is 0 Å². The Labute approximate surface area is 106 Å². The number of nitrogens with two attached hydrogens (primary N) is 1. The average molecular weight is 259 g/mol. The topological polar surface area (TPSA) is 89.1 Å². The number of aromatic nitrogens is 4. The van der Waals surface area contributed by atoms with E-state index in [1.807, 2.05) is 24.3 Å². The quantitative estimate of drug-likeness (QED) is 0.674. The number of hydrogen-bond donors (Lipinski definition) is 2. The molecule has 0 aliphatic heterocycles. The van der Waals surface area contributed by atoms with E-state index in [4.69, 9.17) is 5.73 Å². The van der Waals surface area contributed by atoms with Gasteiger partial charge in [-0.2, -0.15) is 14.7 Å². The summed E-state index contributed by atoms with van der Waals surface area (Å²) >= 11 is 1.40. The molecule has 0 saturated carbocycles. The second-order valence-corrected chi connectivity index (χ2v) is 4.67. The highest BCUT2D eigenvalue weighted by Crippen LogP contribution is 2.29. The molecule has 0 aliphatic carbocycles. The van der Waals surface area contributed by atoms with Crippen LogP contribution in [0.4, 0.5) is 5.69 Å². The Balaban J connectivity index is 2.03. The van der Waals surface area contributed by atoms with Crippen LogP contribution in [0.5, 0.6) is 0 Å². The average Bonchev–Trinajstić information content (AvgIpc) is 2.74. The molecule has 0 unspecified atom stereocenters. The highest BCUT2D eigenvalue weighted by atomic mass is 32.2. The van der Waals surface area contributed by atoms with Gasteiger partial charge in [0.25, 0.3) is 0 Å². The highest BCUT2D eigenvalue weighted by molar-refractivity contribution is 7.99. The first-order valence-corrected chi connectivity index (χ1v) is 6.02. The van der Waals surface area contributed by atoms with Gasteiger partial charge >= 0.3 is 5.69 Å². The zero-order valence-electron chi connectivity index (χ0n) is 9.20. The molecule has 18 heavy (non-hydrogen) atoms. The largest absolute Gasteiger partial charge is 0.398 e. The number of aromatic amines is 1. The fourth-order valence-corrected chi connectivity index (χ4v) is 2.34. The minimum absolute atomic E-state index is 0.353. The van der Waals surface area contributed by atoms with E-state index in [0.29, 0.717) is 16.4 Å². The van der Waals surface area contributed by atoms with Crippen molar-refractivity contribution >= 4 is 23.1 Å².